The summed E-state index contributed by atoms with van der Waals surface area (Å²) in [5.41, 5.74) is -0.545. The van der Waals surface area contributed by atoms with E-state index in [1.807, 2.05) is 20.8 Å². The van der Waals surface area contributed by atoms with E-state index >= 15 is 0 Å². The average Bonchev–Trinajstić information content (AvgIpc) is 3.18. The number of Topliss-reactive ketones (excluding diaryl/α,β-unsaturated/α-hetero) is 1. The molecule has 5 nitrogen and oxygen atoms in total. The molecule has 2 aliphatic rings. The van der Waals surface area contributed by atoms with Crippen molar-refractivity contribution < 1.29 is 19.1 Å². The molecule has 1 unspecified atom stereocenters. The Morgan fingerprint density at radius 3 is 2.60 bits per heavy atom. The van der Waals surface area contributed by atoms with Gasteiger partial charge in [-0.1, -0.05) is 12.8 Å². The van der Waals surface area contributed by atoms with Crippen LogP contribution in [0.1, 0.15) is 46.5 Å². The van der Waals surface area contributed by atoms with Crippen LogP contribution in [0.3, 0.4) is 0 Å². The molecule has 1 atom stereocenters. The Labute approximate surface area is 120 Å². The molecular formula is C15H25NO4. The minimum atomic E-state index is -0.545. The third-order valence-electron chi connectivity index (χ3n) is 3.62. The van der Waals surface area contributed by atoms with E-state index in [9.17, 15) is 9.59 Å². The van der Waals surface area contributed by atoms with E-state index in [1.54, 1.807) is 0 Å². The standard InChI is InChI=1S/C15H25NO4/c1-15(2,3)20-14(18)16-8-9-19-10-12(16)13(17)7-6-11-4-5-11/h11-12H,4-10H2,1-3H3. The summed E-state index contributed by atoms with van der Waals surface area (Å²) in [5.74, 6) is 0.820. The predicted octanol–water partition coefficient (Wildman–Crippen LogP) is 2.38. The molecule has 0 aromatic rings. The Morgan fingerprint density at radius 2 is 2.00 bits per heavy atom. The maximum Gasteiger partial charge on any atom is 0.411 e. The number of carbonyl (C=O) groups excluding carboxylic acids is 2. The van der Waals surface area contributed by atoms with Gasteiger partial charge in [0.15, 0.2) is 5.78 Å². The van der Waals surface area contributed by atoms with E-state index in [-0.39, 0.29) is 5.78 Å². The first-order chi connectivity index (χ1) is 9.37. The fourth-order valence-electron chi connectivity index (χ4n) is 2.33. The molecule has 0 spiro atoms. The van der Waals surface area contributed by atoms with Crippen molar-refractivity contribution in [1.82, 2.24) is 4.90 Å². The number of hydrogen-bond donors (Lipinski definition) is 0. The normalized spacial score (nSPS) is 23.6. The number of nitrogens with zero attached hydrogens (tertiary/aromatic N) is 1. The summed E-state index contributed by atoms with van der Waals surface area (Å²) < 4.78 is 10.7. The molecule has 0 aromatic carbocycles. The highest BCUT2D eigenvalue weighted by Gasteiger charge is 2.35. The lowest BCUT2D eigenvalue weighted by molar-refractivity contribution is -0.130. The zero-order valence-electron chi connectivity index (χ0n) is 12.7. The van der Waals surface area contributed by atoms with Crippen LogP contribution in [0.2, 0.25) is 0 Å². The Kier molecular flexibility index (Phi) is 4.68. The second kappa shape index (κ2) is 6.12. The third kappa shape index (κ3) is 4.47. The van der Waals surface area contributed by atoms with Crippen LogP contribution in [0, 0.1) is 5.92 Å². The number of ketones is 1. The van der Waals surface area contributed by atoms with Crippen LogP contribution < -0.4 is 0 Å². The number of morpholine rings is 1. The lowest BCUT2D eigenvalue weighted by atomic mass is 10.0. The van der Waals surface area contributed by atoms with Gasteiger partial charge in [0.2, 0.25) is 0 Å². The van der Waals surface area contributed by atoms with Crippen LogP contribution in [0.25, 0.3) is 0 Å². The number of ether oxygens (including phenoxy) is 2. The van der Waals surface area contributed by atoms with Gasteiger partial charge in [-0.05, 0) is 33.1 Å². The second-order valence-electron chi connectivity index (χ2n) is 6.71. The van der Waals surface area contributed by atoms with Crippen molar-refractivity contribution in [3.05, 3.63) is 0 Å². The van der Waals surface area contributed by atoms with Crippen LogP contribution in [0.5, 0.6) is 0 Å². The number of rotatable bonds is 4. The Morgan fingerprint density at radius 1 is 1.30 bits per heavy atom. The van der Waals surface area contributed by atoms with Crippen LogP contribution >= 0.6 is 0 Å². The molecule has 1 saturated heterocycles. The van der Waals surface area contributed by atoms with E-state index in [4.69, 9.17) is 9.47 Å². The van der Waals surface area contributed by atoms with Gasteiger partial charge < -0.3 is 9.47 Å². The molecule has 2 fully saturated rings. The van der Waals surface area contributed by atoms with Crippen LogP contribution in [0.4, 0.5) is 4.79 Å². The molecule has 1 amide bonds. The lowest BCUT2D eigenvalue weighted by Gasteiger charge is -2.35. The van der Waals surface area contributed by atoms with Crippen molar-refractivity contribution in [3.63, 3.8) is 0 Å². The summed E-state index contributed by atoms with van der Waals surface area (Å²) in [7, 11) is 0. The van der Waals surface area contributed by atoms with Crippen molar-refractivity contribution in [3.8, 4) is 0 Å². The summed E-state index contributed by atoms with van der Waals surface area (Å²) in [6.07, 6.45) is 3.55. The summed E-state index contributed by atoms with van der Waals surface area (Å²) in [6, 6.07) is -0.475. The Balaban J connectivity index is 1.92. The highest BCUT2D eigenvalue weighted by molar-refractivity contribution is 5.87. The summed E-state index contributed by atoms with van der Waals surface area (Å²) in [6.45, 7) is 6.67. The summed E-state index contributed by atoms with van der Waals surface area (Å²) in [4.78, 5) is 26.0. The molecule has 1 aliphatic carbocycles. The molecule has 0 bridgehead atoms. The maximum absolute atomic E-state index is 12.3. The van der Waals surface area contributed by atoms with Gasteiger partial charge in [0.25, 0.3) is 0 Å². The van der Waals surface area contributed by atoms with Crippen molar-refractivity contribution in [1.29, 1.82) is 0 Å². The molecule has 0 N–H and O–H groups in total. The van der Waals surface area contributed by atoms with E-state index in [1.165, 1.54) is 17.7 Å². The van der Waals surface area contributed by atoms with Gasteiger partial charge in [-0.3, -0.25) is 9.69 Å². The van der Waals surface area contributed by atoms with E-state index < -0.39 is 17.7 Å². The predicted molar refractivity (Wildman–Crippen MR) is 74.5 cm³/mol. The quantitative estimate of drug-likeness (QED) is 0.795. The van der Waals surface area contributed by atoms with E-state index in [0.29, 0.717) is 26.2 Å². The third-order valence-corrected chi connectivity index (χ3v) is 3.62. The highest BCUT2D eigenvalue weighted by atomic mass is 16.6. The Bertz CT molecular complexity index is 371. The topological polar surface area (TPSA) is 55.8 Å². The average molecular weight is 283 g/mol. The molecular weight excluding hydrogens is 258 g/mol. The molecule has 1 saturated carbocycles. The van der Waals surface area contributed by atoms with Gasteiger partial charge in [0.05, 0.1) is 13.2 Å². The molecule has 20 heavy (non-hydrogen) atoms. The first-order valence-corrected chi connectivity index (χ1v) is 7.47. The summed E-state index contributed by atoms with van der Waals surface area (Å²) >= 11 is 0. The maximum atomic E-state index is 12.3. The van der Waals surface area contributed by atoms with Crippen LogP contribution in [-0.4, -0.2) is 48.2 Å². The van der Waals surface area contributed by atoms with Crippen molar-refractivity contribution >= 4 is 11.9 Å². The van der Waals surface area contributed by atoms with Crippen molar-refractivity contribution in [2.75, 3.05) is 19.8 Å². The minimum Gasteiger partial charge on any atom is -0.444 e. The van der Waals surface area contributed by atoms with Gasteiger partial charge in [0.1, 0.15) is 11.6 Å². The van der Waals surface area contributed by atoms with Crippen LogP contribution in [0.15, 0.2) is 0 Å². The van der Waals surface area contributed by atoms with Gasteiger partial charge in [-0.15, -0.1) is 0 Å². The number of carbonyl (C=O) groups is 2. The van der Waals surface area contributed by atoms with Gasteiger partial charge in [-0.25, -0.2) is 4.79 Å². The molecule has 0 aromatic heterocycles. The van der Waals surface area contributed by atoms with E-state index in [0.717, 1.165) is 12.3 Å². The number of hydrogen-bond acceptors (Lipinski definition) is 4. The molecule has 1 heterocycles. The first-order valence-electron chi connectivity index (χ1n) is 7.47. The molecule has 0 radical (unpaired) electrons. The molecule has 5 heteroatoms. The zero-order valence-corrected chi connectivity index (χ0v) is 12.7. The second-order valence-corrected chi connectivity index (χ2v) is 6.71. The number of amides is 1. The monoisotopic (exact) mass is 283 g/mol. The van der Waals surface area contributed by atoms with Crippen LogP contribution in [-0.2, 0) is 14.3 Å². The fraction of sp³-hybridized carbons (Fsp3) is 0.867. The SMILES string of the molecule is CC(C)(C)OC(=O)N1CCOCC1C(=O)CCC1CC1. The largest absolute Gasteiger partial charge is 0.444 e. The molecule has 114 valence electrons. The lowest BCUT2D eigenvalue weighted by Crippen LogP contribution is -2.53. The summed E-state index contributed by atoms with van der Waals surface area (Å²) in [5, 5.41) is 0. The highest BCUT2D eigenvalue weighted by Crippen LogP contribution is 2.33. The smallest absolute Gasteiger partial charge is 0.411 e. The van der Waals surface area contributed by atoms with Gasteiger partial charge in [-0.2, -0.15) is 0 Å². The van der Waals surface area contributed by atoms with Crippen molar-refractivity contribution in [2.45, 2.75) is 58.1 Å². The zero-order chi connectivity index (χ0) is 14.8. The van der Waals surface area contributed by atoms with Gasteiger partial charge >= 0.3 is 6.09 Å². The first kappa shape index (κ1) is 15.3. The van der Waals surface area contributed by atoms with Gasteiger partial charge in [0, 0.05) is 13.0 Å². The minimum absolute atomic E-state index is 0.0995. The fourth-order valence-corrected chi connectivity index (χ4v) is 2.33. The molecule has 2 rings (SSSR count). The molecule has 1 aliphatic heterocycles. The Hall–Kier alpha value is -1.10. The van der Waals surface area contributed by atoms with Crippen molar-refractivity contribution in [2.24, 2.45) is 5.92 Å². The van der Waals surface area contributed by atoms with E-state index in [2.05, 4.69) is 0 Å².